The minimum atomic E-state index is 0.705. The second-order valence-corrected chi connectivity index (χ2v) is 4.88. The maximum absolute atomic E-state index is 5.65. The van der Waals surface area contributed by atoms with Gasteiger partial charge in [-0.3, -0.25) is 0 Å². The quantitative estimate of drug-likeness (QED) is 0.797. The van der Waals surface area contributed by atoms with Crippen LogP contribution in [0.15, 0.2) is 41.3 Å². The van der Waals surface area contributed by atoms with Crippen molar-refractivity contribution in [3.63, 3.8) is 0 Å². The second-order valence-electron chi connectivity index (χ2n) is 4.88. The molecule has 0 unspecified atom stereocenters. The molecule has 0 fully saturated rings. The summed E-state index contributed by atoms with van der Waals surface area (Å²) in [5, 5.41) is 3.31. The van der Waals surface area contributed by atoms with Crippen molar-refractivity contribution in [2.45, 2.75) is 13.1 Å². The van der Waals surface area contributed by atoms with Crippen molar-refractivity contribution in [1.82, 2.24) is 15.2 Å². The second kappa shape index (κ2) is 7.67. The first-order valence-electron chi connectivity index (χ1n) is 6.68. The molecule has 0 radical (unpaired) electrons. The third kappa shape index (κ3) is 5.03. The Bertz CT molecular complexity index is 480. The molecular formula is C15H21N3O2. The summed E-state index contributed by atoms with van der Waals surface area (Å²) in [6.07, 6.45) is 3.09. The zero-order chi connectivity index (χ0) is 14.2. The molecule has 0 spiro atoms. The summed E-state index contributed by atoms with van der Waals surface area (Å²) >= 11 is 0. The molecule has 5 nitrogen and oxygen atoms in total. The van der Waals surface area contributed by atoms with E-state index in [1.54, 1.807) is 6.26 Å². The lowest BCUT2D eigenvalue weighted by Crippen LogP contribution is -2.19. The van der Waals surface area contributed by atoms with E-state index in [0.29, 0.717) is 13.2 Å². The van der Waals surface area contributed by atoms with Crippen molar-refractivity contribution < 1.29 is 9.15 Å². The number of rotatable bonds is 8. The van der Waals surface area contributed by atoms with Crippen molar-refractivity contribution in [2.24, 2.45) is 0 Å². The Balaban J connectivity index is 1.71. The fourth-order valence-corrected chi connectivity index (χ4v) is 1.71. The number of oxazole rings is 1. The number of hydrogen-bond acceptors (Lipinski definition) is 5. The highest BCUT2D eigenvalue weighted by Gasteiger charge is 1.98. The van der Waals surface area contributed by atoms with Crippen LogP contribution in [0.2, 0.25) is 0 Å². The fraction of sp³-hybridized carbons (Fsp3) is 0.400. The Kier molecular flexibility index (Phi) is 5.58. The fourth-order valence-electron chi connectivity index (χ4n) is 1.71. The molecule has 0 aliphatic heterocycles. The highest BCUT2D eigenvalue weighted by Crippen LogP contribution is 2.12. The van der Waals surface area contributed by atoms with Crippen LogP contribution in [0.3, 0.4) is 0 Å². The topological polar surface area (TPSA) is 50.5 Å². The van der Waals surface area contributed by atoms with Crippen LogP contribution < -0.4 is 10.1 Å². The molecule has 5 heteroatoms. The van der Waals surface area contributed by atoms with Crippen LogP contribution in [0.1, 0.15) is 11.3 Å². The molecule has 2 aromatic rings. The average Bonchev–Trinajstić information content (AvgIpc) is 2.93. The van der Waals surface area contributed by atoms with E-state index >= 15 is 0 Å². The van der Waals surface area contributed by atoms with Crippen LogP contribution >= 0.6 is 0 Å². The van der Waals surface area contributed by atoms with Gasteiger partial charge in [0.15, 0.2) is 6.39 Å². The normalized spacial score (nSPS) is 10.9. The summed E-state index contributed by atoms with van der Waals surface area (Å²) in [5.74, 6) is 0.909. The number of nitrogens with zero attached hydrogens (tertiary/aromatic N) is 2. The minimum Gasteiger partial charge on any atom is -0.492 e. The lowest BCUT2D eigenvalue weighted by molar-refractivity contribution is 0.261. The highest BCUT2D eigenvalue weighted by molar-refractivity contribution is 5.27. The number of ether oxygens (including phenoxy) is 1. The standard InChI is InChI=1S/C15H21N3O2/c1-18(2)7-8-20-15-5-3-13(4-6-15)9-16-10-14-11-19-12-17-14/h3-6,11-12,16H,7-10H2,1-2H3. The molecule has 108 valence electrons. The number of nitrogens with one attached hydrogen (secondary N) is 1. The predicted molar refractivity (Wildman–Crippen MR) is 77.5 cm³/mol. The van der Waals surface area contributed by atoms with Gasteiger partial charge in [0.1, 0.15) is 18.6 Å². The van der Waals surface area contributed by atoms with E-state index < -0.39 is 0 Å². The molecule has 1 aromatic heterocycles. The van der Waals surface area contributed by atoms with Gasteiger partial charge < -0.3 is 19.4 Å². The van der Waals surface area contributed by atoms with Gasteiger partial charge in [-0.2, -0.15) is 0 Å². The van der Waals surface area contributed by atoms with Gasteiger partial charge in [0.25, 0.3) is 0 Å². The zero-order valence-electron chi connectivity index (χ0n) is 12.0. The molecule has 0 bridgehead atoms. The van der Waals surface area contributed by atoms with Crippen LogP contribution in [-0.4, -0.2) is 37.1 Å². The van der Waals surface area contributed by atoms with Crippen molar-refractivity contribution in [3.05, 3.63) is 48.2 Å². The Morgan fingerprint density at radius 1 is 1.20 bits per heavy atom. The first-order chi connectivity index (χ1) is 9.74. The smallest absolute Gasteiger partial charge is 0.180 e. The molecule has 0 aliphatic rings. The molecule has 1 N–H and O–H groups in total. The number of hydrogen-bond donors (Lipinski definition) is 1. The summed E-state index contributed by atoms with van der Waals surface area (Å²) in [7, 11) is 4.07. The Labute approximate surface area is 119 Å². The molecule has 0 atom stereocenters. The number of aromatic nitrogens is 1. The Hall–Kier alpha value is -1.85. The summed E-state index contributed by atoms with van der Waals surface area (Å²) in [5.41, 5.74) is 2.13. The van der Waals surface area contributed by atoms with E-state index in [4.69, 9.17) is 9.15 Å². The Morgan fingerprint density at radius 2 is 2.00 bits per heavy atom. The van der Waals surface area contributed by atoms with E-state index in [1.165, 1.54) is 12.0 Å². The van der Waals surface area contributed by atoms with Crippen molar-refractivity contribution in [2.75, 3.05) is 27.2 Å². The highest BCUT2D eigenvalue weighted by atomic mass is 16.5. The van der Waals surface area contributed by atoms with Crippen LogP contribution in [0.5, 0.6) is 5.75 Å². The third-order valence-electron chi connectivity index (χ3n) is 2.85. The lowest BCUT2D eigenvalue weighted by atomic mass is 10.2. The van der Waals surface area contributed by atoms with E-state index in [2.05, 4.69) is 27.3 Å². The van der Waals surface area contributed by atoms with Gasteiger partial charge in [-0.25, -0.2) is 4.98 Å². The summed E-state index contributed by atoms with van der Waals surface area (Å²) < 4.78 is 10.6. The van der Waals surface area contributed by atoms with Gasteiger partial charge >= 0.3 is 0 Å². The van der Waals surface area contributed by atoms with E-state index in [0.717, 1.165) is 24.5 Å². The summed E-state index contributed by atoms with van der Waals surface area (Å²) in [6.45, 7) is 3.13. The van der Waals surface area contributed by atoms with E-state index in [-0.39, 0.29) is 0 Å². The SMILES string of the molecule is CN(C)CCOc1ccc(CNCc2cocn2)cc1. The third-order valence-corrected chi connectivity index (χ3v) is 2.85. The van der Waals surface area contributed by atoms with Gasteiger partial charge in [-0.05, 0) is 31.8 Å². The van der Waals surface area contributed by atoms with Crippen LogP contribution in [-0.2, 0) is 13.1 Å². The minimum absolute atomic E-state index is 0.705. The molecule has 1 aromatic carbocycles. The molecule has 1 heterocycles. The van der Waals surface area contributed by atoms with Gasteiger partial charge in [0, 0.05) is 19.6 Å². The van der Waals surface area contributed by atoms with Crippen molar-refractivity contribution in [3.8, 4) is 5.75 Å². The monoisotopic (exact) mass is 275 g/mol. The van der Waals surface area contributed by atoms with E-state index in [9.17, 15) is 0 Å². The largest absolute Gasteiger partial charge is 0.492 e. The summed E-state index contributed by atoms with van der Waals surface area (Å²) in [4.78, 5) is 6.16. The molecular weight excluding hydrogens is 254 g/mol. The Morgan fingerprint density at radius 3 is 2.65 bits per heavy atom. The molecule has 2 rings (SSSR count). The first kappa shape index (κ1) is 14.6. The molecule has 0 aliphatic carbocycles. The van der Waals surface area contributed by atoms with E-state index in [1.807, 2.05) is 26.2 Å². The summed E-state index contributed by atoms with van der Waals surface area (Å²) in [6, 6.07) is 8.15. The van der Waals surface area contributed by atoms with Crippen molar-refractivity contribution in [1.29, 1.82) is 0 Å². The van der Waals surface area contributed by atoms with Gasteiger partial charge in [0.2, 0.25) is 0 Å². The predicted octanol–water partition coefficient (Wildman–Crippen LogP) is 1.90. The molecule has 0 amide bonds. The van der Waals surface area contributed by atoms with Crippen LogP contribution in [0.25, 0.3) is 0 Å². The van der Waals surface area contributed by atoms with Gasteiger partial charge in [0.05, 0.1) is 5.69 Å². The van der Waals surface area contributed by atoms with Gasteiger partial charge in [-0.15, -0.1) is 0 Å². The number of benzene rings is 1. The maximum atomic E-state index is 5.65. The molecule has 20 heavy (non-hydrogen) atoms. The maximum Gasteiger partial charge on any atom is 0.180 e. The lowest BCUT2D eigenvalue weighted by Gasteiger charge is -2.11. The van der Waals surface area contributed by atoms with Crippen LogP contribution in [0, 0.1) is 0 Å². The molecule has 0 saturated carbocycles. The first-order valence-corrected chi connectivity index (χ1v) is 6.68. The van der Waals surface area contributed by atoms with Crippen molar-refractivity contribution >= 4 is 0 Å². The number of likely N-dealkylation sites (N-methyl/N-ethyl adjacent to an activating group) is 1. The average molecular weight is 275 g/mol. The molecule has 0 saturated heterocycles. The van der Waals surface area contributed by atoms with Gasteiger partial charge in [-0.1, -0.05) is 12.1 Å². The zero-order valence-corrected chi connectivity index (χ0v) is 12.0. The van der Waals surface area contributed by atoms with Crippen LogP contribution in [0.4, 0.5) is 0 Å².